The van der Waals surface area contributed by atoms with Crippen LogP contribution in [0.1, 0.15) is 5.56 Å². The maximum atomic E-state index is 13.2. The molecule has 2 aromatic rings. The molecular formula is C16H16FN3O4. The Kier molecular flexibility index (Phi) is 5.67. The zero-order valence-corrected chi connectivity index (χ0v) is 12.9. The van der Waals surface area contributed by atoms with Gasteiger partial charge in [-0.3, -0.25) is 14.9 Å². The first-order chi connectivity index (χ1) is 11.5. The van der Waals surface area contributed by atoms with Gasteiger partial charge < -0.3 is 15.4 Å². The molecule has 1 amide bonds. The number of halogens is 1. The SMILES string of the molecule is COc1ccc(CNC(=O)CNc2ccc(F)c([N+](=O)[O-])c2)cc1. The first-order valence-electron chi connectivity index (χ1n) is 7.07. The van der Waals surface area contributed by atoms with Crippen molar-refractivity contribution in [2.75, 3.05) is 19.0 Å². The summed E-state index contributed by atoms with van der Waals surface area (Å²) in [6.07, 6.45) is 0. The van der Waals surface area contributed by atoms with Crippen molar-refractivity contribution in [3.63, 3.8) is 0 Å². The molecule has 0 aliphatic heterocycles. The summed E-state index contributed by atoms with van der Waals surface area (Å²) in [5, 5.41) is 16.1. The molecule has 0 unspecified atom stereocenters. The molecule has 0 saturated carbocycles. The highest BCUT2D eigenvalue weighted by Crippen LogP contribution is 2.21. The fourth-order valence-electron chi connectivity index (χ4n) is 1.95. The van der Waals surface area contributed by atoms with Crippen molar-refractivity contribution in [1.29, 1.82) is 0 Å². The summed E-state index contributed by atoms with van der Waals surface area (Å²) in [6, 6.07) is 10.6. The predicted octanol–water partition coefficient (Wildman–Crippen LogP) is 2.47. The molecule has 2 rings (SSSR count). The second-order valence-electron chi connectivity index (χ2n) is 4.90. The summed E-state index contributed by atoms with van der Waals surface area (Å²) in [5.41, 5.74) is 0.558. The Morgan fingerprint density at radius 3 is 2.58 bits per heavy atom. The summed E-state index contributed by atoms with van der Waals surface area (Å²) in [4.78, 5) is 21.6. The van der Waals surface area contributed by atoms with Gasteiger partial charge in [0.15, 0.2) is 0 Å². The minimum Gasteiger partial charge on any atom is -0.497 e. The standard InChI is InChI=1S/C16H16FN3O4/c1-24-13-5-2-11(3-6-13)9-19-16(21)10-18-12-4-7-14(17)15(8-12)20(22)23/h2-8,18H,9-10H2,1H3,(H,19,21). The van der Waals surface area contributed by atoms with Crippen LogP contribution in [0.15, 0.2) is 42.5 Å². The van der Waals surface area contributed by atoms with Crippen molar-refractivity contribution >= 4 is 17.3 Å². The molecule has 0 fully saturated rings. The van der Waals surface area contributed by atoms with Crippen molar-refractivity contribution in [2.24, 2.45) is 0 Å². The Bertz CT molecular complexity index is 735. The van der Waals surface area contributed by atoms with Crippen molar-refractivity contribution in [2.45, 2.75) is 6.54 Å². The number of methoxy groups -OCH3 is 1. The van der Waals surface area contributed by atoms with E-state index in [9.17, 15) is 19.3 Å². The van der Waals surface area contributed by atoms with Gasteiger partial charge in [-0.15, -0.1) is 0 Å². The molecule has 0 atom stereocenters. The van der Waals surface area contributed by atoms with Gasteiger partial charge in [0.25, 0.3) is 0 Å². The number of nitro groups is 1. The molecule has 0 aliphatic rings. The number of amides is 1. The van der Waals surface area contributed by atoms with Crippen LogP contribution < -0.4 is 15.4 Å². The summed E-state index contributed by atoms with van der Waals surface area (Å²) in [6.45, 7) is 0.257. The van der Waals surface area contributed by atoms with E-state index in [0.717, 1.165) is 23.4 Å². The van der Waals surface area contributed by atoms with E-state index in [4.69, 9.17) is 4.74 Å². The number of hydrogen-bond acceptors (Lipinski definition) is 5. The molecule has 0 bridgehead atoms. The van der Waals surface area contributed by atoms with Crippen LogP contribution >= 0.6 is 0 Å². The number of benzene rings is 2. The number of nitrogens with one attached hydrogen (secondary N) is 2. The minimum atomic E-state index is -0.922. The maximum Gasteiger partial charge on any atom is 0.306 e. The number of ether oxygens (including phenoxy) is 1. The van der Waals surface area contributed by atoms with Gasteiger partial charge in [0.1, 0.15) is 5.75 Å². The van der Waals surface area contributed by atoms with E-state index in [-0.39, 0.29) is 12.5 Å². The Labute approximate surface area is 137 Å². The van der Waals surface area contributed by atoms with Gasteiger partial charge in [-0.1, -0.05) is 12.1 Å². The summed E-state index contributed by atoms with van der Waals surface area (Å²) < 4.78 is 18.3. The number of nitro benzene ring substituents is 1. The number of hydrogen-bond donors (Lipinski definition) is 2. The highest BCUT2D eigenvalue weighted by atomic mass is 19.1. The molecule has 0 radical (unpaired) electrons. The second kappa shape index (κ2) is 7.91. The number of carbonyl (C=O) groups excluding carboxylic acids is 1. The molecule has 2 aromatic carbocycles. The van der Waals surface area contributed by atoms with E-state index in [1.165, 1.54) is 6.07 Å². The fraction of sp³-hybridized carbons (Fsp3) is 0.188. The Balaban J connectivity index is 1.84. The monoisotopic (exact) mass is 333 g/mol. The third-order valence-electron chi connectivity index (χ3n) is 3.24. The molecule has 0 aromatic heterocycles. The second-order valence-corrected chi connectivity index (χ2v) is 4.90. The normalized spacial score (nSPS) is 10.1. The minimum absolute atomic E-state index is 0.0844. The molecular weight excluding hydrogens is 317 g/mol. The lowest BCUT2D eigenvalue weighted by Gasteiger charge is -2.08. The predicted molar refractivity (Wildman–Crippen MR) is 86.4 cm³/mol. The average molecular weight is 333 g/mol. The molecule has 0 spiro atoms. The van der Waals surface area contributed by atoms with Crippen LogP contribution in [-0.2, 0) is 11.3 Å². The van der Waals surface area contributed by atoms with Crippen LogP contribution in [0.2, 0.25) is 0 Å². The van der Waals surface area contributed by atoms with Crippen LogP contribution in [0.5, 0.6) is 5.75 Å². The van der Waals surface area contributed by atoms with E-state index in [1.807, 2.05) is 12.1 Å². The van der Waals surface area contributed by atoms with E-state index >= 15 is 0 Å². The molecule has 8 heteroatoms. The zero-order valence-electron chi connectivity index (χ0n) is 12.9. The highest BCUT2D eigenvalue weighted by Gasteiger charge is 2.14. The van der Waals surface area contributed by atoms with Gasteiger partial charge in [-0.2, -0.15) is 4.39 Å². The topological polar surface area (TPSA) is 93.5 Å². The number of nitrogens with zero attached hydrogens (tertiary/aromatic N) is 1. The smallest absolute Gasteiger partial charge is 0.306 e. The van der Waals surface area contributed by atoms with Crippen LogP contribution in [-0.4, -0.2) is 24.5 Å². The highest BCUT2D eigenvalue weighted by molar-refractivity contribution is 5.80. The van der Waals surface area contributed by atoms with Gasteiger partial charge in [0.2, 0.25) is 11.7 Å². The van der Waals surface area contributed by atoms with Crippen molar-refractivity contribution in [1.82, 2.24) is 5.32 Å². The molecule has 0 saturated heterocycles. The Morgan fingerprint density at radius 1 is 1.25 bits per heavy atom. The maximum absolute atomic E-state index is 13.2. The first-order valence-corrected chi connectivity index (χ1v) is 7.07. The van der Waals surface area contributed by atoms with Crippen molar-refractivity contribution in [3.8, 4) is 5.75 Å². The summed E-state index contributed by atoms with van der Waals surface area (Å²) in [5.74, 6) is -0.489. The number of anilines is 1. The third kappa shape index (κ3) is 4.67. The van der Waals surface area contributed by atoms with E-state index in [1.54, 1.807) is 19.2 Å². The van der Waals surface area contributed by atoms with Gasteiger partial charge in [-0.05, 0) is 29.8 Å². The molecule has 2 N–H and O–H groups in total. The zero-order chi connectivity index (χ0) is 17.5. The summed E-state index contributed by atoms with van der Waals surface area (Å²) in [7, 11) is 1.57. The molecule has 126 valence electrons. The van der Waals surface area contributed by atoms with Crippen LogP contribution in [0.3, 0.4) is 0 Å². The molecule has 0 heterocycles. The van der Waals surface area contributed by atoms with Crippen molar-refractivity contribution < 1.29 is 18.8 Å². The summed E-state index contributed by atoms with van der Waals surface area (Å²) >= 11 is 0. The first kappa shape index (κ1) is 17.2. The van der Waals surface area contributed by atoms with E-state index < -0.39 is 16.4 Å². The Hall–Kier alpha value is -3.16. The number of rotatable bonds is 7. The fourth-order valence-corrected chi connectivity index (χ4v) is 1.95. The van der Waals surface area contributed by atoms with Crippen LogP contribution in [0, 0.1) is 15.9 Å². The lowest BCUT2D eigenvalue weighted by Crippen LogP contribution is -2.29. The third-order valence-corrected chi connectivity index (χ3v) is 3.24. The molecule has 0 aliphatic carbocycles. The van der Waals surface area contributed by atoms with Gasteiger partial charge in [0, 0.05) is 18.3 Å². The number of carbonyl (C=O) groups is 1. The largest absolute Gasteiger partial charge is 0.497 e. The van der Waals surface area contributed by atoms with Crippen molar-refractivity contribution in [3.05, 3.63) is 64.0 Å². The van der Waals surface area contributed by atoms with E-state index in [2.05, 4.69) is 10.6 Å². The lowest BCUT2D eigenvalue weighted by molar-refractivity contribution is -0.387. The van der Waals surface area contributed by atoms with E-state index in [0.29, 0.717) is 12.2 Å². The quantitative estimate of drug-likeness (QED) is 0.600. The van der Waals surface area contributed by atoms with Crippen LogP contribution in [0.4, 0.5) is 15.8 Å². The van der Waals surface area contributed by atoms with Gasteiger partial charge in [0.05, 0.1) is 18.6 Å². The van der Waals surface area contributed by atoms with Gasteiger partial charge >= 0.3 is 5.69 Å². The molecule has 24 heavy (non-hydrogen) atoms. The average Bonchev–Trinajstić information content (AvgIpc) is 2.59. The Morgan fingerprint density at radius 2 is 1.96 bits per heavy atom. The van der Waals surface area contributed by atoms with Gasteiger partial charge in [-0.25, -0.2) is 0 Å². The van der Waals surface area contributed by atoms with Crippen LogP contribution in [0.25, 0.3) is 0 Å². The molecule has 7 nitrogen and oxygen atoms in total. The lowest BCUT2D eigenvalue weighted by atomic mass is 10.2.